The number of benzene rings is 1. The van der Waals surface area contributed by atoms with Gasteiger partial charge in [0.2, 0.25) is 5.95 Å². The number of halogens is 6. The molecule has 16 heteroatoms. The van der Waals surface area contributed by atoms with Crippen LogP contribution in [0.4, 0.5) is 32.3 Å². The minimum Gasteiger partial charge on any atom is -0.497 e. The van der Waals surface area contributed by atoms with Crippen molar-refractivity contribution in [2.45, 2.75) is 49.8 Å². The van der Waals surface area contributed by atoms with Crippen molar-refractivity contribution in [3.63, 3.8) is 0 Å². The van der Waals surface area contributed by atoms with Crippen LogP contribution in [0, 0.1) is 0 Å². The Morgan fingerprint density at radius 2 is 1.62 bits per heavy atom. The molecule has 2 atom stereocenters. The van der Waals surface area contributed by atoms with Crippen LogP contribution in [0.3, 0.4) is 0 Å². The molecule has 0 bridgehead atoms. The number of aromatic nitrogens is 2. The van der Waals surface area contributed by atoms with Gasteiger partial charge in [0.25, 0.3) is 0 Å². The van der Waals surface area contributed by atoms with Gasteiger partial charge in [-0.3, -0.25) is 4.90 Å². The van der Waals surface area contributed by atoms with E-state index in [1.54, 1.807) is 19.5 Å². The maximum absolute atomic E-state index is 10.6. The number of aliphatic carboxylic acids is 2. The number of rotatable bonds is 5. The lowest BCUT2D eigenvalue weighted by Gasteiger charge is -2.39. The number of nitrogens with one attached hydrogen (secondary N) is 1. The molecular formula is C24H28F6N4O6. The van der Waals surface area contributed by atoms with E-state index in [4.69, 9.17) is 29.3 Å². The van der Waals surface area contributed by atoms with Crippen LogP contribution in [0.25, 0.3) is 0 Å². The fourth-order valence-corrected chi connectivity index (χ4v) is 4.09. The topological polar surface area (TPSA) is 134 Å². The lowest BCUT2D eigenvalue weighted by atomic mass is 9.88. The summed E-state index contributed by atoms with van der Waals surface area (Å²) in [7, 11) is 1.70. The molecule has 0 radical (unpaired) electrons. The van der Waals surface area contributed by atoms with Crippen LogP contribution in [0.5, 0.6) is 5.75 Å². The van der Waals surface area contributed by atoms with Crippen molar-refractivity contribution in [1.82, 2.24) is 14.9 Å². The van der Waals surface area contributed by atoms with Gasteiger partial charge in [0.1, 0.15) is 5.75 Å². The summed E-state index contributed by atoms with van der Waals surface area (Å²) in [5, 5.41) is 17.7. The summed E-state index contributed by atoms with van der Waals surface area (Å²) in [6.07, 6.45) is -3.34. The van der Waals surface area contributed by atoms with Crippen molar-refractivity contribution >= 4 is 17.9 Å². The number of anilines is 1. The molecule has 0 amide bonds. The Kier molecular flexibility index (Phi) is 11.5. The van der Waals surface area contributed by atoms with Gasteiger partial charge in [-0.2, -0.15) is 26.3 Å². The highest BCUT2D eigenvalue weighted by Gasteiger charge is 2.43. The van der Waals surface area contributed by atoms with Crippen LogP contribution < -0.4 is 10.1 Å². The number of hydrogen-bond acceptors (Lipinski definition) is 8. The van der Waals surface area contributed by atoms with Gasteiger partial charge in [0.05, 0.1) is 25.4 Å². The van der Waals surface area contributed by atoms with Crippen LogP contribution in [0.1, 0.15) is 24.8 Å². The predicted molar refractivity (Wildman–Crippen MR) is 128 cm³/mol. The zero-order valence-corrected chi connectivity index (χ0v) is 21.2. The largest absolute Gasteiger partial charge is 0.497 e. The highest BCUT2D eigenvalue weighted by atomic mass is 19.4. The van der Waals surface area contributed by atoms with Crippen molar-refractivity contribution < 1.29 is 55.6 Å². The van der Waals surface area contributed by atoms with Gasteiger partial charge >= 0.3 is 24.3 Å². The summed E-state index contributed by atoms with van der Waals surface area (Å²) in [6.45, 7) is 3.77. The third-order valence-corrected chi connectivity index (χ3v) is 5.78. The van der Waals surface area contributed by atoms with Crippen LogP contribution in [0.15, 0.2) is 42.7 Å². The Labute approximate surface area is 224 Å². The van der Waals surface area contributed by atoms with Crippen molar-refractivity contribution in [2.24, 2.45) is 0 Å². The first-order valence-electron chi connectivity index (χ1n) is 11.8. The molecule has 0 saturated carbocycles. The van der Waals surface area contributed by atoms with Crippen molar-refractivity contribution in [1.29, 1.82) is 0 Å². The molecular weight excluding hydrogens is 554 g/mol. The average Bonchev–Trinajstić information content (AvgIpc) is 3.25. The highest BCUT2D eigenvalue weighted by Crippen LogP contribution is 2.36. The smallest absolute Gasteiger partial charge is 0.490 e. The first-order chi connectivity index (χ1) is 18.6. The number of carboxylic acids is 2. The number of piperidine rings is 1. The van der Waals surface area contributed by atoms with Gasteiger partial charge < -0.3 is 25.0 Å². The summed E-state index contributed by atoms with van der Waals surface area (Å²) < 4.78 is 75.0. The van der Waals surface area contributed by atoms with Gasteiger partial charge in [0.15, 0.2) is 0 Å². The Morgan fingerprint density at radius 3 is 2.12 bits per heavy atom. The Hall–Kier alpha value is -3.66. The standard InChI is InChI=1S/C20H26N4O2.2C2HF3O2/c1-25-18-6-4-16(5-7-18)13-24-11-2-8-20(15-24)12-17(14-26-20)23-19-21-9-3-10-22-19;2*3-2(4,5)1(6)7/h3-7,9-10,17H,2,8,11-15H2,1H3,(H,21,22,23);2*(H,6,7). The summed E-state index contributed by atoms with van der Waals surface area (Å²) in [5.41, 5.74) is 1.27. The predicted octanol–water partition coefficient (Wildman–Crippen LogP) is 3.99. The molecule has 2 aromatic rings. The first kappa shape index (κ1) is 32.6. The molecule has 40 heavy (non-hydrogen) atoms. The minimum atomic E-state index is -5.08. The molecule has 10 nitrogen and oxygen atoms in total. The normalized spacial score (nSPS) is 20.9. The van der Waals surface area contributed by atoms with Gasteiger partial charge in [-0.05, 0) is 43.1 Å². The lowest BCUT2D eigenvalue weighted by molar-refractivity contribution is -0.193. The number of methoxy groups -OCH3 is 1. The van der Waals surface area contributed by atoms with E-state index in [0.29, 0.717) is 12.6 Å². The van der Waals surface area contributed by atoms with E-state index in [9.17, 15) is 26.3 Å². The molecule has 1 aromatic heterocycles. The van der Waals surface area contributed by atoms with E-state index in [1.807, 2.05) is 18.2 Å². The van der Waals surface area contributed by atoms with Gasteiger partial charge in [-0.25, -0.2) is 19.6 Å². The Bertz CT molecular complexity index is 1060. The molecule has 3 heterocycles. The van der Waals surface area contributed by atoms with Gasteiger partial charge in [0, 0.05) is 31.9 Å². The molecule has 2 aliphatic rings. The van der Waals surface area contributed by atoms with Crippen LogP contribution >= 0.6 is 0 Å². The molecule has 2 fully saturated rings. The minimum absolute atomic E-state index is 0.0445. The number of nitrogens with zero attached hydrogens (tertiary/aromatic N) is 3. The van der Waals surface area contributed by atoms with E-state index < -0.39 is 24.3 Å². The molecule has 2 unspecified atom stereocenters. The summed E-state index contributed by atoms with van der Waals surface area (Å²) in [5.74, 6) is -3.93. The Balaban J connectivity index is 0.000000333. The number of carbonyl (C=O) groups is 2. The van der Waals surface area contributed by atoms with Crippen LogP contribution in [-0.4, -0.2) is 87.8 Å². The van der Waals surface area contributed by atoms with Crippen molar-refractivity contribution in [2.75, 3.05) is 32.1 Å². The average molecular weight is 582 g/mol. The van der Waals surface area contributed by atoms with Crippen molar-refractivity contribution in [3.05, 3.63) is 48.3 Å². The number of ether oxygens (including phenoxy) is 2. The summed E-state index contributed by atoms with van der Waals surface area (Å²) in [6, 6.07) is 10.5. The molecule has 2 saturated heterocycles. The number of carboxylic acid groups (broad SMARTS) is 2. The van der Waals surface area contributed by atoms with E-state index >= 15 is 0 Å². The summed E-state index contributed by atoms with van der Waals surface area (Å²) >= 11 is 0. The first-order valence-corrected chi connectivity index (χ1v) is 11.8. The lowest BCUT2D eigenvalue weighted by Crippen LogP contribution is -2.47. The van der Waals surface area contributed by atoms with Crippen LogP contribution in [-0.2, 0) is 20.9 Å². The monoisotopic (exact) mass is 582 g/mol. The molecule has 1 spiro atoms. The van der Waals surface area contributed by atoms with E-state index in [2.05, 4.69) is 32.3 Å². The summed E-state index contributed by atoms with van der Waals surface area (Å²) in [4.78, 5) is 28.8. The fraction of sp³-hybridized carbons (Fsp3) is 0.500. The second-order valence-corrected chi connectivity index (χ2v) is 8.88. The van der Waals surface area contributed by atoms with Crippen molar-refractivity contribution in [3.8, 4) is 5.75 Å². The highest BCUT2D eigenvalue weighted by molar-refractivity contribution is 5.73. The molecule has 3 N–H and O–H groups in total. The van der Waals surface area contributed by atoms with Gasteiger partial charge in [-0.15, -0.1) is 0 Å². The zero-order valence-electron chi connectivity index (χ0n) is 21.2. The van der Waals surface area contributed by atoms with E-state index in [0.717, 1.165) is 38.2 Å². The molecule has 1 aromatic carbocycles. The zero-order chi connectivity index (χ0) is 30.0. The number of alkyl halides is 6. The second-order valence-electron chi connectivity index (χ2n) is 8.88. The number of likely N-dealkylation sites (tertiary alicyclic amines) is 1. The molecule has 2 aliphatic heterocycles. The maximum Gasteiger partial charge on any atom is 0.490 e. The SMILES string of the molecule is COc1ccc(CN2CCCC3(CC(Nc4ncccn4)CO3)C2)cc1.O=C(O)C(F)(F)F.O=C(O)C(F)(F)F. The Morgan fingerprint density at radius 1 is 1.07 bits per heavy atom. The third kappa shape index (κ3) is 10.8. The molecule has 0 aliphatic carbocycles. The fourth-order valence-electron chi connectivity index (χ4n) is 4.09. The van der Waals surface area contributed by atoms with E-state index in [1.165, 1.54) is 12.0 Å². The quantitative estimate of drug-likeness (QED) is 0.445. The second kappa shape index (κ2) is 14.1. The maximum atomic E-state index is 10.6. The number of hydrogen-bond donors (Lipinski definition) is 3. The van der Waals surface area contributed by atoms with E-state index in [-0.39, 0.29) is 11.6 Å². The van der Waals surface area contributed by atoms with Crippen LogP contribution in [0.2, 0.25) is 0 Å². The van der Waals surface area contributed by atoms with Gasteiger partial charge in [-0.1, -0.05) is 12.1 Å². The molecule has 4 rings (SSSR count). The third-order valence-electron chi connectivity index (χ3n) is 5.78. The molecule has 222 valence electrons.